The fourth-order valence-electron chi connectivity index (χ4n) is 1.82. The van der Waals surface area contributed by atoms with Gasteiger partial charge in [0.2, 0.25) is 0 Å². The fourth-order valence-corrected chi connectivity index (χ4v) is 3.06. The summed E-state index contributed by atoms with van der Waals surface area (Å²) in [6, 6.07) is 8.93. The van der Waals surface area contributed by atoms with Gasteiger partial charge in [0.15, 0.2) is 0 Å². The predicted molar refractivity (Wildman–Crippen MR) is 83.1 cm³/mol. The zero-order chi connectivity index (χ0) is 14.2. The van der Waals surface area contributed by atoms with Crippen molar-refractivity contribution in [1.82, 2.24) is 0 Å². The van der Waals surface area contributed by atoms with Crippen molar-refractivity contribution in [3.63, 3.8) is 0 Å². The van der Waals surface area contributed by atoms with Gasteiger partial charge in [0.05, 0.1) is 4.83 Å². The van der Waals surface area contributed by atoms with Crippen LogP contribution in [0.2, 0.25) is 10.0 Å². The van der Waals surface area contributed by atoms with E-state index in [4.69, 9.17) is 23.2 Å². The van der Waals surface area contributed by atoms with Crippen molar-refractivity contribution in [3.05, 3.63) is 68.4 Å². The number of hydrogen-bond acceptors (Lipinski definition) is 0. The van der Waals surface area contributed by atoms with E-state index in [2.05, 4.69) is 15.9 Å². The summed E-state index contributed by atoms with van der Waals surface area (Å²) in [5.74, 6) is -0.296. The SMILES string of the molecule is Cc1cc(C(Br)c2ccc(C)c(Cl)c2)c(Cl)cc1F. The Morgan fingerprint density at radius 3 is 2.32 bits per heavy atom. The third-order valence-electron chi connectivity index (χ3n) is 3.04. The smallest absolute Gasteiger partial charge is 0.127 e. The minimum absolute atomic E-state index is 0.114. The Kier molecular flexibility index (Phi) is 4.54. The molecule has 0 radical (unpaired) electrons. The highest BCUT2D eigenvalue weighted by Crippen LogP contribution is 2.37. The van der Waals surface area contributed by atoms with Gasteiger partial charge < -0.3 is 0 Å². The molecular weight excluding hydrogens is 350 g/mol. The molecule has 0 aliphatic heterocycles. The molecule has 0 bridgehead atoms. The molecule has 0 aliphatic rings. The minimum Gasteiger partial charge on any atom is -0.207 e. The summed E-state index contributed by atoms with van der Waals surface area (Å²) in [6.45, 7) is 3.67. The average Bonchev–Trinajstić information content (AvgIpc) is 2.36. The molecular formula is C15H12BrCl2F. The summed E-state index contributed by atoms with van der Waals surface area (Å²) >= 11 is 15.8. The van der Waals surface area contributed by atoms with Crippen LogP contribution in [0.1, 0.15) is 27.1 Å². The quantitative estimate of drug-likeness (QED) is 0.556. The third kappa shape index (κ3) is 3.13. The van der Waals surface area contributed by atoms with Gasteiger partial charge in [0.1, 0.15) is 5.82 Å². The highest BCUT2D eigenvalue weighted by atomic mass is 79.9. The van der Waals surface area contributed by atoms with Crippen LogP contribution in [-0.2, 0) is 0 Å². The second-order valence-corrected chi connectivity index (χ2v) is 6.22. The first-order valence-corrected chi connectivity index (χ1v) is 7.43. The monoisotopic (exact) mass is 360 g/mol. The van der Waals surface area contributed by atoms with E-state index in [9.17, 15) is 4.39 Å². The number of halogens is 4. The van der Waals surface area contributed by atoms with Crippen LogP contribution in [0.15, 0.2) is 30.3 Å². The Labute approximate surface area is 130 Å². The fraction of sp³-hybridized carbons (Fsp3) is 0.200. The van der Waals surface area contributed by atoms with Crippen LogP contribution in [0, 0.1) is 19.7 Å². The van der Waals surface area contributed by atoms with Crippen molar-refractivity contribution in [1.29, 1.82) is 0 Å². The maximum absolute atomic E-state index is 13.4. The van der Waals surface area contributed by atoms with E-state index in [0.29, 0.717) is 15.6 Å². The second-order valence-electron chi connectivity index (χ2n) is 4.49. The van der Waals surface area contributed by atoms with Crippen LogP contribution in [0.3, 0.4) is 0 Å². The summed E-state index contributed by atoms with van der Waals surface area (Å²) in [5.41, 5.74) is 3.41. The van der Waals surface area contributed by atoms with Crippen molar-refractivity contribution in [2.45, 2.75) is 18.7 Å². The van der Waals surface area contributed by atoms with E-state index in [1.165, 1.54) is 6.07 Å². The minimum atomic E-state index is -0.296. The molecule has 0 fully saturated rings. The normalized spacial score (nSPS) is 12.5. The van der Waals surface area contributed by atoms with Crippen LogP contribution in [0.5, 0.6) is 0 Å². The molecule has 100 valence electrons. The summed E-state index contributed by atoms with van der Waals surface area (Å²) in [6.07, 6.45) is 0. The van der Waals surface area contributed by atoms with Crippen molar-refractivity contribution < 1.29 is 4.39 Å². The van der Waals surface area contributed by atoms with Gasteiger partial charge in [-0.05, 0) is 48.2 Å². The van der Waals surface area contributed by atoms with E-state index in [0.717, 1.165) is 16.7 Å². The van der Waals surface area contributed by atoms with Crippen LogP contribution in [0.25, 0.3) is 0 Å². The molecule has 0 saturated carbocycles. The average molecular weight is 362 g/mol. The molecule has 0 heterocycles. The molecule has 0 amide bonds. The van der Waals surface area contributed by atoms with E-state index in [1.54, 1.807) is 13.0 Å². The zero-order valence-electron chi connectivity index (χ0n) is 10.5. The van der Waals surface area contributed by atoms with Gasteiger partial charge >= 0.3 is 0 Å². The lowest BCUT2D eigenvalue weighted by Crippen LogP contribution is -1.97. The van der Waals surface area contributed by atoms with E-state index in [1.807, 2.05) is 25.1 Å². The van der Waals surface area contributed by atoms with E-state index < -0.39 is 0 Å². The van der Waals surface area contributed by atoms with Crippen LogP contribution < -0.4 is 0 Å². The summed E-state index contributed by atoms with van der Waals surface area (Å²) in [7, 11) is 0. The van der Waals surface area contributed by atoms with Gasteiger partial charge in [0.25, 0.3) is 0 Å². The van der Waals surface area contributed by atoms with Gasteiger partial charge in [-0.15, -0.1) is 0 Å². The summed E-state index contributed by atoms with van der Waals surface area (Å²) in [4.78, 5) is -0.114. The van der Waals surface area contributed by atoms with Gasteiger partial charge in [-0.1, -0.05) is 57.3 Å². The highest BCUT2D eigenvalue weighted by Gasteiger charge is 2.16. The molecule has 1 atom stereocenters. The molecule has 4 heteroatoms. The first kappa shape index (κ1) is 14.8. The zero-order valence-corrected chi connectivity index (χ0v) is 13.6. The Morgan fingerprint density at radius 1 is 1.00 bits per heavy atom. The molecule has 0 spiro atoms. The first-order valence-electron chi connectivity index (χ1n) is 5.76. The largest absolute Gasteiger partial charge is 0.207 e. The number of benzene rings is 2. The molecule has 19 heavy (non-hydrogen) atoms. The topological polar surface area (TPSA) is 0 Å². The lowest BCUT2D eigenvalue weighted by Gasteiger charge is -2.15. The Balaban J connectivity index is 2.46. The predicted octanol–water partition coefficient (Wildman–Crippen LogP) is 6.23. The third-order valence-corrected chi connectivity index (χ3v) is 4.80. The van der Waals surface area contributed by atoms with Crippen LogP contribution >= 0.6 is 39.1 Å². The van der Waals surface area contributed by atoms with Gasteiger partial charge in [-0.3, -0.25) is 0 Å². The van der Waals surface area contributed by atoms with E-state index in [-0.39, 0.29) is 10.6 Å². The second kappa shape index (κ2) is 5.82. The number of rotatable bonds is 2. The van der Waals surface area contributed by atoms with Crippen LogP contribution in [-0.4, -0.2) is 0 Å². The van der Waals surface area contributed by atoms with Gasteiger partial charge in [-0.2, -0.15) is 0 Å². The molecule has 0 aliphatic carbocycles. The Bertz CT molecular complexity index is 626. The van der Waals surface area contributed by atoms with Gasteiger partial charge in [0, 0.05) is 10.0 Å². The Hall–Kier alpha value is -0.570. The molecule has 0 nitrogen and oxygen atoms in total. The lowest BCUT2D eigenvalue weighted by atomic mass is 10.0. The van der Waals surface area contributed by atoms with Crippen molar-refractivity contribution >= 4 is 39.1 Å². The molecule has 1 unspecified atom stereocenters. The summed E-state index contributed by atoms with van der Waals surface area (Å²) < 4.78 is 13.4. The van der Waals surface area contributed by atoms with Crippen LogP contribution in [0.4, 0.5) is 4.39 Å². The van der Waals surface area contributed by atoms with Crippen molar-refractivity contribution in [2.24, 2.45) is 0 Å². The first-order chi connectivity index (χ1) is 8.90. The molecule has 2 rings (SSSR count). The number of hydrogen-bond donors (Lipinski definition) is 0. The highest BCUT2D eigenvalue weighted by molar-refractivity contribution is 9.09. The van der Waals surface area contributed by atoms with Gasteiger partial charge in [-0.25, -0.2) is 4.39 Å². The molecule has 2 aromatic rings. The lowest BCUT2D eigenvalue weighted by molar-refractivity contribution is 0.618. The number of aryl methyl sites for hydroxylation is 2. The standard InChI is InChI=1S/C15H12BrCl2F/c1-8-3-4-10(6-12(8)17)15(16)11-5-9(2)14(19)7-13(11)18/h3-7,15H,1-2H3. The van der Waals surface area contributed by atoms with Crippen molar-refractivity contribution in [2.75, 3.05) is 0 Å². The Morgan fingerprint density at radius 2 is 1.68 bits per heavy atom. The maximum atomic E-state index is 13.4. The molecule has 2 aromatic carbocycles. The maximum Gasteiger partial charge on any atom is 0.127 e. The number of alkyl halides is 1. The molecule has 0 aromatic heterocycles. The molecule has 0 N–H and O–H groups in total. The summed E-state index contributed by atoms with van der Waals surface area (Å²) in [5, 5.41) is 1.11. The van der Waals surface area contributed by atoms with Crippen molar-refractivity contribution in [3.8, 4) is 0 Å². The molecule has 0 saturated heterocycles. The van der Waals surface area contributed by atoms with E-state index >= 15 is 0 Å².